The normalized spacial score (nSPS) is 14.2. The third kappa shape index (κ3) is 2.98. The maximum absolute atomic E-state index is 14.7. The number of halogens is 2. The zero-order valence-electron chi connectivity index (χ0n) is 13.5. The molecule has 3 nitrogen and oxygen atoms in total. The minimum absolute atomic E-state index is 0.103. The lowest BCUT2D eigenvalue weighted by molar-refractivity contribution is 0.0792. The fourth-order valence-corrected chi connectivity index (χ4v) is 3.47. The molecule has 2 heterocycles. The summed E-state index contributed by atoms with van der Waals surface area (Å²) in [6.07, 6.45) is 3.67. The van der Waals surface area contributed by atoms with E-state index >= 15 is 0 Å². The van der Waals surface area contributed by atoms with Gasteiger partial charge >= 0.3 is 0 Å². The lowest BCUT2D eigenvalue weighted by Crippen LogP contribution is -2.27. The molecule has 5 heteroatoms. The number of pyridine rings is 1. The summed E-state index contributed by atoms with van der Waals surface area (Å²) in [4.78, 5) is 18.4. The molecule has 25 heavy (non-hydrogen) atoms. The summed E-state index contributed by atoms with van der Waals surface area (Å²) in [5, 5.41) is 1.35. The third-order valence-electron chi connectivity index (χ3n) is 4.61. The van der Waals surface area contributed by atoms with Crippen LogP contribution in [-0.2, 0) is 0 Å². The maximum atomic E-state index is 14.7. The summed E-state index contributed by atoms with van der Waals surface area (Å²) in [5.74, 6) is -0.516. The molecule has 4 rings (SSSR count). The Bertz CT molecular complexity index is 967. The molecule has 1 fully saturated rings. The molecule has 0 aliphatic carbocycles. The van der Waals surface area contributed by atoms with Gasteiger partial charge in [0.15, 0.2) is 0 Å². The van der Waals surface area contributed by atoms with Gasteiger partial charge in [0.25, 0.3) is 5.91 Å². The van der Waals surface area contributed by atoms with Crippen molar-refractivity contribution in [2.24, 2.45) is 0 Å². The van der Waals surface area contributed by atoms with Crippen molar-refractivity contribution in [2.45, 2.75) is 12.8 Å². The SMILES string of the molecule is O=C(c1ccc(-c2ccc3nccc(Cl)c3c2)c(F)c1)N1CCCC1. The van der Waals surface area contributed by atoms with Crippen molar-refractivity contribution < 1.29 is 9.18 Å². The van der Waals surface area contributed by atoms with Gasteiger partial charge in [-0.05, 0) is 48.7 Å². The first-order chi connectivity index (χ1) is 12.1. The van der Waals surface area contributed by atoms with E-state index in [1.807, 2.05) is 18.2 Å². The molecule has 1 aliphatic rings. The predicted octanol–water partition coefficient (Wildman–Crippen LogP) is 4.93. The molecule has 0 unspecified atom stereocenters. The van der Waals surface area contributed by atoms with Crippen molar-refractivity contribution in [2.75, 3.05) is 13.1 Å². The molecule has 0 N–H and O–H groups in total. The number of aromatic nitrogens is 1. The van der Waals surface area contributed by atoms with Crippen molar-refractivity contribution in [3.63, 3.8) is 0 Å². The number of hydrogen-bond donors (Lipinski definition) is 0. The van der Waals surface area contributed by atoms with Crippen LogP contribution in [0.2, 0.25) is 5.02 Å². The van der Waals surface area contributed by atoms with Crippen molar-refractivity contribution in [1.82, 2.24) is 9.88 Å². The molecule has 1 saturated heterocycles. The second-order valence-electron chi connectivity index (χ2n) is 6.22. The van der Waals surface area contributed by atoms with Crippen LogP contribution in [0.15, 0.2) is 48.7 Å². The van der Waals surface area contributed by atoms with E-state index in [0.717, 1.165) is 36.8 Å². The van der Waals surface area contributed by atoms with Crippen molar-refractivity contribution in [1.29, 1.82) is 0 Å². The summed E-state index contributed by atoms with van der Waals surface area (Å²) in [7, 11) is 0. The fourth-order valence-electron chi connectivity index (χ4n) is 3.27. The van der Waals surface area contributed by atoms with E-state index in [1.165, 1.54) is 6.07 Å². The van der Waals surface area contributed by atoms with Gasteiger partial charge < -0.3 is 4.90 Å². The monoisotopic (exact) mass is 354 g/mol. The zero-order valence-corrected chi connectivity index (χ0v) is 14.3. The second kappa shape index (κ2) is 6.45. The highest BCUT2D eigenvalue weighted by Crippen LogP contribution is 2.30. The number of benzene rings is 2. The third-order valence-corrected chi connectivity index (χ3v) is 4.94. The van der Waals surface area contributed by atoms with Crippen LogP contribution in [0.25, 0.3) is 22.0 Å². The van der Waals surface area contributed by atoms with Gasteiger partial charge in [0.2, 0.25) is 0 Å². The molecule has 0 spiro atoms. The standard InChI is InChI=1S/C20H16ClFN2O/c21-17-7-8-23-19-6-4-13(11-16(17)19)15-5-3-14(12-18(15)22)20(25)24-9-1-2-10-24/h3-8,11-12H,1-2,9-10H2. The van der Waals surface area contributed by atoms with E-state index in [-0.39, 0.29) is 5.91 Å². The van der Waals surface area contributed by atoms with Crippen LogP contribution in [-0.4, -0.2) is 28.9 Å². The smallest absolute Gasteiger partial charge is 0.253 e. The van der Waals surface area contributed by atoms with E-state index in [0.29, 0.717) is 21.7 Å². The van der Waals surface area contributed by atoms with Crippen LogP contribution in [0.3, 0.4) is 0 Å². The highest BCUT2D eigenvalue weighted by atomic mass is 35.5. The molecule has 0 atom stereocenters. The first-order valence-corrected chi connectivity index (χ1v) is 8.65. The van der Waals surface area contributed by atoms with Crippen LogP contribution in [0, 0.1) is 5.82 Å². The maximum Gasteiger partial charge on any atom is 0.253 e. The Balaban J connectivity index is 1.71. The summed E-state index contributed by atoms with van der Waals surface area (Å²) < 4.78 is 14.7. The summed E-state index contributed by atoms with van der Waals surface area (Å²) in [6, 6.07) is 11.8. The van der Waals surface area contributed by atoms with Gasteiger partial charge in [0, 0.05) is 35.8 Å². The zero-order chi connectivity index (χ0) is 17.4. The average molecular weight is 355 g/mol. The van der Waals surface area contributed by atoms with Crippen molar-refractivity contribution in [3.05, 3.63) is 65.1 Å². The van der Waals surface area contributed by atoms with E-state index < -0.39 is 5.82 Å². The van der Waals surface area contributed by atoms with Crippen LogP contribution in [0.1, 0.15) is 23.2 Å². The first kappa shape index (κ1) is 16.0. The van der Waals surface area contributed by atoms with Gasteiger partial charge in [-0.2, -0.15) is 0 Å². The van der Waals surface area contributed by atoms with E-state index in [9.17, 15) is 9.18 Å². The number of nitrogens with zero attached hydrogens (tertiary/aromatic N) is 2. The lowest BCUT2D eigenvalue weighted by atomic mass is 10.0. The molecule has 126 valence electrons. The molecule has 1 amide bonds. The second-order valence-corrected chi connectivity index (χ2v) is 6.63. The number of amides is 1. The van der Waals surface area contributed by atoms with Crippen molar-refractivity contribution in [3.8, 4) is 11.1 Å². The average Bonchev–Trinajstić information content (AvgIpc) is 3.16. The van der Waals surface area contributed by atoms with Crippen molar-refractivity contribution >= 4 is 28.4 Å². The Hall–Kier alpha value is -2.46. The number of carbonyl (C=O) groups is 1. The minimum atomic E-state index is -0.413. The topological polar surface area (TPSA) is 33.2 Å². The quantitative estimate of drug-likeness (QED) is 0.653. The molecule has 0 saturated carbocycles. The summed E-state index contributed by atoms with van der Waals surface area (Å²) >= 11 is 6.21. The molecule has 0 radical (unpaired) electrons. The predicted molar refractivity (Wildman–Crippen MR) is 97.3 cm³/mol. The molecular weight excluding hydrogens is 339 g/mol. The number of hydrogen-bond acceptors (Lipinski definition) is 2. The van der Waals surface area contributed by atoms with E-state index in [1.54, 1.807) is 29.3 Å². The Kier molecular flexibility index (Phi) is 4.14. The Morgan fingerprint density at radius 3 is 2.64 bits per heavy atom. The van der Waals surface area contributed by atoms with Gasteiger partial charge in [-0.3, -0.25) is 9.78 Å². The molecule has 3 aromatic rings. The van der Waals surface area contributed by atoms with Gasteiger partial charge in [-0.15, -0.1) is 0 Å². The Morgan fingerprint density at radius 1 is 1.08 bits per heavy atom. The van der Waals surface area contributed by atoms with Gasteiger partial charge in [0.1, 0.15) is 5.82 Å². The molecule has 1 aliphatic heterocycles. The molecular formula is C20H16ClFN2O. The molecule has 1 aromatic heterocycles. The molecule has 0 bridgehead atoms. The number of carbonyl (C=O) groups excluding carboxylic acids is 1. The summed E-state index contributed by atoms with van der Waals surface area (Å²) in [6.45, 7) is 1.50. The van der Waals surface area contributed by atoms with E-state index in [4.69, 9.17) is 11.6 Å². The van der Waals surface area contributed by atoms with Gasteiger partial charge in [-0.1, -0.05) is 23.7 Å². The van der Waals surface area contributed by atoms with E-state index in [2.05, 4.69) is 4.98 Å². The van der Waals surface area contributed by atoms with Gasteiger partial charge in [0.05, 0.1) is 10.5 Å². The lowest BCUT2D eigenvalue weighted by Gasteiger charge is -2.15. The molecule has 2 aromatic carbocycles. The summed E-state index contributed by atoms with van der Waals surface area (Å²) in [5.41, 5.74) is 2.31. The largest absolute Gasteiger partial charge is 0.339 e. The number of likely N-dealkylation sites (tertiary alicyclic amines) is 1. The van der Waals surface area contributed by atoms with Gasteiger partial charge in [-0.25, -0.2) is 4.39 Å². The van der Waals surface area contributed by atoms with Crippen LogP contribution >= 0.6 is 11.6 Å². The minimum Gasteiger partial charge on any atom is -0.339 e. The highest BCUT2D eigenvalue weighted by molar-refractivity contribution is 6.35. The number of fused-ring (bicyclic) bond motifs is 1. The van der Waals surface area contributed by atoms with Crippen LogP contribution in [0.4, 0.5) is 4.39 Å². The Morgan fingerprint density at radius 2 is 1.88 bits per heavy atom. The fraction of sp³-hybridized carbons (Fsp3) is 0.200. The number of rotatable bonds is 2. The van der Waals surface area contributed by atoms with Crippen LogP contribution in [0.5, 0.6) is 0 Å². The van der Waals surface area contributed by atoms with Crippen LogP contribution < -0.4 is 0 Å². The highest BCUT2D eigenvalue weighted by Gasteiger charge is 2.20. The first-order valence-electron chi connectivity index (χ1n) is 8.27. The Labute approximate surface area is 150 Å².